The van der Waals surface area contributed by atoms with Crippen LogP contribution in [0.5, 0.6) is 5.75 Å². The SMILES string of the molecule is CCS(=O)(=O)CCNCC(O)COc1ccccc1Cl. The summed E-state index contributed by atoms with van der Waals surface area (Å²) in [6, 6.07) is 7.01. The van der Waals surface area contributed by atoms with Gasteiger partial charge in [-0.1, -0.05) is 30.7 Å². The summed E-state index contributed by atoms with van der Waals surface area (Å²) in [6.45, 7) is 2.29. The second kappa shape index (κ2) is 8.46. The molecule has 1 atom stereocenters. The number of nitrogens with one attached hydrogen (secondary N) is 1. The Bertz CT molecular complexity index is 507. The second-order valence-electron chi connectivity index (χ2n) is 4.34. The van der Waals surface area contributed by atoms with E-state index in [0.29, 0.717) is 17.3 Å². The van der Waals surface area contributed by atoms with E-state index in [1.54, 1.807) is 31.2 Å². The number of halogens is 1. The molecule has 0 heterocycles. The zero-order chi connectivity index (χ0) is 15.0. The molecule has 0 bridgehead atoms. The average molecular weight is 322 g/mol. The highest BCUT2D eigenvalue weighted by Crippen LogP contribution is 2.22. The molecule has 0 amide bonds. The van der Waals surface area contributed by atoms with Gasteiger partial charge < -0.3 is 15.2 Å². The Morgan fingerprint density at radius 2 is 2.10 bits per heavy atom. The van der Waals surface area contributed by atoms with Crippen molar-refractivity contribution in [3.8, 4) is 5.75 Å². The summed E-state index contributed by atoms with van der Waals surface area (Å²) >= 11 is 5.91. The van der Waals surface area contributed by atoms with Gasteiger partial charge in [0.1, 0.15) is 18.5 Å². The van der Waals surface area contributed by atoms with Crippen LogP contribution in [0.2, 0.25) is 5.02 Å². The molecule has 0 radical (unpaired) electrons. The number of sulfone groups is 1. The Morgan fingerprint density at radius 3 is 2.75 bits per heavy atom. The first-order valence-corrected chi connectivity index (χ1v) is 8.61. The summed E-state index contributed by atoms with van der Waals surface area (Å²) in [5, 5.41) is 13.1. The number of ether oxygens (including phenoxy) is 1. The maximum absolute atomic E-state index is 11.3. The molecule has 2 N–H and O–H groups in total. The van der Waals surface area contributed by atoms with E-state index < -0.39 is 15.9 Å². The fraction of sp³-hybridized carbons (Fsp3) is 0.538. The number of hydrogen-bond donors (Lipinski definition) is 2. The first-order chi connectivity index (χ1) is 9.44. The van der Waals surface area contributed by atoms with E-state index in [4.69, 9.17) is 16.3 Å². The molecule has 1 rings (SSSR count). The van der Waals surface area contributed by atoms with Crippen LogP contribution < -0.4 is 10.1 Å². The molecule has 0 aliphatic heterocycles. The predicted octanol–water partition coefficient (Wildman–Crippen LogP) is 1.10. The molecular weight excluding hydrogens is 302 g/mol. The third kappa shape index (κ3) is 6.56. The van der Waals surface area contributed by atoms with Crippen molar-refractivity contribution in [2.45, 2.75) is 13.0 Å². The van der Waals surface area contributed by atoms with Crippen LogP contribution in [0.4, 0.5) is 0 Å². The van der Waals surface area contributed by atoms with Crippen molar-refractivity contribution in [3.05, 3.63) is 29.3 Å². The lowest BCUT2D eigenvalue weighted by molar-refractivity contribution is 0.107. The highest BCUT2D eigenvalue weighted by atomic mass is 35.5. The summed E-state index contributed by atoms with van der Waals surface area (Å²) < 4.78 is 27.9. The van der Waals surface area contributed by atoms with E-state index in [-0.39, 0.29) is 24.7 Å². The highest BCUT2D eigenvalue weighted by molar-refractivity contribution is 7.91. The fourth-order valence-corrected chi connectivity index (χ4v) is 2.38. The van der Waals surface area contributed by atoms with Gasteiger partial charge in [0.25, 0.3) is 0 Å². The predicted molar refractivity (Wildman–Crippen MR) is 80.2 cm³/mol. The number of benzene rings is 1. The summed E-state index contributed by atoms with van der Waals surface area (Å²) in [6.07, 6.45) is -0.726. The van der Waals surface area contributed by atoms with E-state index >= 15 is 0 Å². The number of aliphatic hydroxyl groups excluding tert-OH is 1. The number of aliphatic hydroxyl groups is 1. The summed E-state index contributed by atoms with van der Waals surface area (Å²) in [4.78, 5) is 0. The Hall–Kier alpha value is -0.820. The summed E-state index contributed by atoms with van der Waals surface area (Å²) in [5.41, 5.74) is 0. The molecule has 0 saturated carbocycles. The Morgan fingerprint density at radius 1 is 1.40 bits per heavy atom. The molecule has 0 aliphatic rings. The van der Waals surface area contributed by atoms with Gasteiger partial charge in [-0.2, -0.15) is 0 Å². The topological polar surface area (TPSA) is 75.6 Å². The van der Waals surface area contributed by atoms with Gasteiger partial charge in [-0.3, -0.25) is 0 Å². The first-order valence-electron chi connectivity index (χ1n) is 6.41. The molecule has 0 fully saturated rings. The largest absolute Gasteiger partial charge is 0.489 e. The van der Waals surface area contributed by atoms with Crippen LogP contribution >= 0.6 is 11.6 Å². The van der Waals surface area contributed by atoms with Crippen LogP contribution in [0.15, 0.2) is 24.3 Å². The van der Waals surface area contributed by atoms with E-state index in [9.17, 15) is 13.5 Å². The van der Waals surface area contributed by atoms with Gasteiger partial charge in [0, 0.05) is 18.8 Å². The van der Waals surface area contributed by atoms with Crippen LogP contribution in [0, 0.1) is 0 Å². The van der Waals surface area contributed by atoms with Crippen LogP contribution in [0.25, 0.3) is 0 Å². The van der Waals surface area contributed by atoms with Gasteiger partial charge in [-0.05, 0) is 12.1 Å². The van der Waals surface area contributed by atoms with Crippen molar-refractivity contribution in [1.29, 1.82) is 0 Å². The first kappa shape index (κ1) is 17.2. The lowest BCUT2D eigenvalue weighted by atomic mass is 10.3. The van der Waals surface area contributed by atoms with Gasteiger partial charge in [0.15, 0.2) is 9.84 Å². The van der Waals surface area contributed by atoms with Crippen molar-refractivity contribution >= 4 is 21.4 Å². The molecule has 5 nitrogen and oxygen atoms in total. The monoisotopic (exact) mass is 321 g/mol. The zero-order valence-electron chi connectivity index (χ0n) is 11.4. The molecule has 1 aromatic rings. The normalized spacial score (nSPS) is 13.2. The van der Waals surface area contributed by atoms with Crippen LogP contribution in [0.3, 0.4) is 0 Å². The smallest absolute Gasteiger partial charge is 0.151 e. The van der Waals surface area contributed by atoms with Crippen LogP contribution in [-0.2, 0) is 9.84 Å². The zero-order valence-corrected chi connectivity index (χ0v) is 13.0. The molecule has 0 spiro atoms. The molecule has 0 saturated heterocycles. The second-order valence-corrected chi connectivity index (χ2v) is 7.22. The van der Waals surface area contributed by atoms with Crippen LogP contribution in [-0.4, -0.2) is 50.8 Å². The third-order valence-corrected chi connectivity index (χ3v) is 4.70. The van der Waals surface area contributed by atoms with Crippen molar-refractivity contribution in [2.75, 3.05) is 31.2 Å². The van der Waals surface area contributed by atoms with E-state index in [1.165, 1.54) is 0 Å². The molecule has 114 valence electrons. The van der Waals surface area contributed by atoms with Crippen molar-refractivity contribution < 1.29 is 18.3 Å². The number of para-hydroxylation sites is 1. The fourth-order valence-electron chi connectivity index (χ4n) is 1.45. The Kier molecular flexibility index (Phi) is 7.29. The number of hydrogen-bond acceptors (Lipinski definition) is 5. The lowest BCUT2D eigenvalue weighted by Gasteiger charge is -2.14. The van der Waals surface area contributed by atoms with Crippen molar-refractivity contribution in [1.82, 2.24) is 5.32 Å². The van der Waals surface area contributed by atoms with Crippen LogP contribution in [0.1, 0.15) is 6.92 Å². The minimum Gasteiger partial charge on any atom is -0.489 e. The van der Waals surface area contributed by atoms with Crippen molar-refractivity contribution in [2.24, 2.45) is 0 Å². The third-order valence-electron chi connectivity index (χ3n) is 2.68. The molecule has 7 heteroatoms. The molecule has 20 heavy (non-hydrogen) atoms. The standard InChI is InChI=1S/C13H20ClNO4S/c1-2-20(17,18)8-7-15-9-11(16)10-19-13-6-4-3-5-12(13)14/h3-6,11,15-16H,2,7-10H2,1H3. The molecule has 1 unspecified atom stereocenters. The maximum atomic E-state index is 11.3. The molecular formula is C13H20ClNO4S. The summed E-state index contributed by atoms with van der Waals surface area (Å²) in [5.74, 6) is 0.718. The van der Waals surface area contributed by atoms with E-state index in [1.807, 2.05) is 0 Å². The highest BCUT2D eigenvalue weighted by Gasteiger charge is 2.09. The Labute approximate surface area is 124 Å². The van der Waals surface area contributed by atoms with Gasteiger partial charge in [0.05, 0.1) is 10.8 Å². The molecule has 0 aromatic heterocycles. The minimum atomic E-state index is -2.97. The van der Waals surface area contributed by atoms with Crippen molar-refractivity contribution in [3.63, 3.8) is 0 Å². The van der Waals surface area contributed by atoms with Gasteiger partial charge in [0.2, 0.25) is 0 Å². The van der Waals surface area contributed by atoms with Gasteiger partial charge in [-0.25, -0.2) is 8.42 Å². The number of rotatable bonds is 9. The maximum Gasteiger partial charge on any atom is 0.151 e. The quantitative estimate of drug-likeness (QED) is 0.666. The van der Waals surface area contributed by atoms with E-state index in [0.717, 1.165) is 0 Å². The lowest BCUT2D eigenvalue weighted by Crippen LogP contribution is -2.34. The average Bonchev–Trinajstić information content (AvgIpc) is 2.43. The van der Waals surface area contributed by atoms with E-state index in [2.05, 4.69) is 5.32 Å². The Balaban J connectivity index is 2.21. The van der Waals surface area contributed by atoms with Gasteiger partial charge in [-0.15, -0.1) is 0 Å². The molecule has 1 aromatic carbocycles. The minimum absolute atomic E-state index is 0.0710. The summed E-state index contributed by atoms with van der Waals surface area (Å²) in [7, 11) is -2.97. The molecule has 0 aliphatic carbocycles. The van der Waals surface area contributed by atoms with Gasteiger partial charge >= 0.3 is 0 Å².